The van der Waals surface area contributed by atoms with Crippen molar-refractivity contribution in [3.05, 3.63) is 113 Å². The summed E-state index contributed by atoms with van der Waals surface area (Å²) in [7, 11) is 1.67. The van der Waals surface area contributed by atoms with E-state index in [-0.39, 0.29) is 23.1 Å². The quantitative estimate of drug-likeness (QED) is 0.0784. The summed E-state index contributed by atoms with van der Waals surface area (Å²) < 4.78 is 88.9. The summed E-state index contributed by atoms with van der Waals surface area (Å²) in [6, 6.07) is 18.0. The van der Waals surface area contributed by atoms with Crippen molar-refractivity contribution < 1.29 is 36.2 Å². The van der Waals surface area contributed by atoms with Crippen LogP contribution >= 0.6 is 0 Å². The summed E-state index contributed by atoms with van der Waals surface area (Å²) in [5, 5.41) is 8.83. The molecule has 9 heteroatoms. The molecule has 0 amide bonds. The molecular formula is C39H40F5NO3. The van der Waals surface area contributed by atoms with Crippen LogP contribution in [0.2, 0.25) is 0 Å². The first-order valence-corrected chi connectivity index (χ1v) is 16.1. The smallest absolute Gasteiger partial charge is 0.166 e. The molecule has 1 atom stereocenters. The average Bonchev–Trinajstić information content (AvgIpc) is 3.06. The Morgan fingerprint density at radius 2 is 1.40 bits per heavy atom. The van der Waals surface area contributed by atoms with Crippen molar-refractivity contribution in [3.8, 4) is 34.1 Å². The highest BCUT2D eigenvalue weighted by Crippen LogP contribution is 2.30. The van der Waals surface area contributed by atoms with Crippen molar-refractivity contribution in [1.29, 1.82) is 5.26 Å². The van der Waals surface area contributed by atoms with Crippen LogP contribution in [-0.4, -0.2) is 33.5 Å². The van der Waals surface area contributed by atoms with E-state index in [1.807, 2.05) is 19.1 Å². The molecule has 0 saturated carbocycles. The van der Waals surface area contributed by atoms with Gasteiger partial charge >= 0.3 is 0 Å². The number of hydrogen-bond donors (Lipinski definition) is 0. The molecule has 4 aromatic carbocycles. The van der Waals surface area contributed by atoms with Crippen molar-refractivity contribution in [3.63, 3.8) is 0 Å². The molecule has 0 bridgehead atoms. The van der Waals surface area contributed by atoms with E-state index in [4.69, 9.17) is 19.5 Å². The molecule has 0 aliphatic heterocycles. The highest BCUT2D eigenvalue weighted by molar-refractivity contribution is 5.67. The van der Waals surface area contributed by atoms with Crippen LogP contribution in [0.3, 0.4) is 0 Å². The number of unbranched alkanes of at least 4 members (excludes halogenated alkanes) is 2. The molecule has 0 aliphatic carbocycles. The topological polar surface area (TPSA) is 51.5 Å². The van der Waals surface area contributed by atoms with Crippen molar-refractivity contribution in [2.45, 2.75) is 51.9 Å². The lowest BCUT2D eigenvalue weighted by atomic mass is 9.97. The molecule has 0 saturated heterocycles. The van der Waals surface area contributed by atoms with Gasteiger partial charge in [0.2, 0.25) is 0 Å². The molecule has 254 valence electrons. The van der Waals surface area contributed by atoms with Crippen molar-refractivity contribution in [2.75, 3.05) is 33.5 Å². The minimum atomic E-state index is -1.04. The standard InChI is InChI=1S/C39H40F5NO3/c1-26-9-11-28(12-10-26)33-15-13-29(38(43)39(33)44)17-20-47-18-6-8-27(25-46-2)7-4-3-5-19-48-31-14-16-32(37(42)23-31)30-21-35(40)34(24-45)36(41)22-30/h9-16,21-23,27H,3-8,17-20,25H2,1-2H3. The van der Waals surface area contributed by atoms with Crippen LogP contribution in [0.15, 0.2) is 66.7 Å². The van der Waals surface area contributed by atoms with Gasteiger partial charge in [-0.25, -0.2) is 22.0 Å². The normalized spacial score (nSPS) is 11.8. The third-order valence-electron chi connectivity index (χ3n) is 8.27. The van der Waals surface area contributed by atoms with E-state index in [9.17, 15) is 22.0 Å². The predicted octanol–water partition coefficient (Wildman–Crippen LogP) is 10.1. The van der Waals surface area contributed by atoms with Crippen molar-refractivity contribution in [1.82, 2.24) is 0 Å². The van der Waals surface area contributed by atoms with Crippen LogP contribution in [-0.2, 0) is 15.9 Å². The molecule has 0 radical (unpaired) electrons. The number of nitriles is 1. The molecule has 0 fully saturated rings. The zero-order valence-electron chi connectivity index (χ0n) is 27.3. The Kier molecular flexibility index (Phi) is 14.0. The number of hydrogen-bond acceptors (Lipinski definition) is 4. The van der Waals surface area contributed by atoms with E-state index in [2.05, 4.69) is 0 Å². The van der Waals surface area contributed by atoms with E-state index in [0.29, 0.717) is 49.2 Å². The second-order valence-corrected chi connectivity index (χ2v) is 11.9. The number of methoxy groups -OCH3 is 1. The SMILES string of the molecule is COCC(CCCCCOc1ccc(-c2cc(F)c(C#N)c(F)c2)c(F)c1)CCCOCCc1ccc(-c2ccc(C)cc2)c(F)c1F. The average molecular weight is 666 g/mol. The summed E-state index contributed by atoms with van der Waals surface area (Å²) in [5.41, 5.74) is 1.53. The predicted molar refractivity (Wildman–Crippen MR) is 176 cm³/mol. The monoisotopic (exact) mass is 665 g/mol. The first kappa shape index (κ1) is 36.6. The largest absolute Gasteiger partial charge is 0.493 e. The first-order chi connectivity index (χ1) is 23.2. The minimum Gasteiger partial charge on any atom is -0.493 e. The highest BCUT2D eigenvalue weighted by Gasteiger charge is 2.16. The van der Waals surface area contributed by atoms with Gasteiger partial charge in [-0.05, 0) is 85.9 Å². The van der Waals surface area contributed by atoms with Gasteiger partial charge in [0.25, 0.3) is 0 Å². The maximum atomic E-state index is 14.7. The summed E-state index contributed by atoms with van der Waals surface area (Å²) >= 11 is 0. The third kappa shape index (κ3) is 10.1. The van der Waals surface area contributed by atoms with Crippen molar-refractivity contribution >= 4 is 0 Å². The first-order valence-electron chi connectivity index (χ1n) is 16.1. The van der Waals surface area contributed by atoms with Crippen LogP contribution in [0.4, 0.5) is 22.0 Å². The highest BCUT2D eigenvalue weighted by atomic mass is 19.2. The molecule has 48 heavy (non-hydrogen) atoms. The van der Waals surface area contributed by atoms with E-state index in [0.717, 1.165) is 56.2 Å². The molecule has 1 unspecified atom stereocenters. The second kappa shape index (κ2) is 18.3. The van der Waals surface area contributed by atoms with Crippen LogP contribution in [0.25, 0.3) is 22.3 Å². The molecular weight excluding hydrogens is 625 g/mol. The van der Waals surface area contributed by atoms with Gasteiger partial charge < -0.3 is 14.2 Å². The maximum absolute atomic E-state index is 14.7. The number of benzene rings is 4. The van der Waals surface area contributed by atoms with Crippen molar-refractivity contribution in [2.24, 2.45) is 5.92 Å². The van der Waals surface area contributed by atoms with Gasteiger partial charge in [0.15, 0.2) is 11.6 Å². The van der Waals surface area contributed by atoms with Gasteiger partial charge in [-0.1, -0.05) is 54.8 Å². The molecule has 0 spiro atoms. The Morgan fingerprint density at radius 3 is 2.08 bits per heavy atom. The molecule has 4 aromatic rings. The van der Waals surface area contributed by atoms with Gasteiger partial charge in [-0.15, -0.1) is 0 Å². The van der Waals surface area contributed by atoms with Gasteiger partial charge in [0, 0.05) is 37.5 Å². The molecule has 0 N–H and O–H groups in total. The third-order valence-corrected chi connectivity index (χ3v) is 8.27. The molecule has 0 aliphatic rings. The van der Waals surface area contributed by atoms with Crippen LogP contribution < -0.4 is 4.74 Å². The number of halogens is 5. The Labute approximate surface area is 279 Å². The molecule has 0 aromatic heterocycles. The summed E-state index contributed by atoms with van der Waals surface area (Å²) in [6.45, 7) is 3.78. The van der Waals surface area contributed by atoms with Crippen LogP contribution in [0.5, 0.6) is 5.75 Å². The summed E-state index contributed by atoms with van der Waals surface area (Å²) in [4.78, 5) is 0. The summed E-state index contributed by atoms with van der Waals surface area (Å²) in [6.07, 6.45) is 5.63. The lowest BCUT2D eigenvalue weighted by molar-refractivity contribution is 0.110. The zero-order valence-corrected chi connectivity index (χ0v) is 27.3. The van der Waals surface area contributed by atoms with E-state index in [1.54, 1.807) is 37.4 Å². The van der Waals surface area contributed by atoms with Gasteiger partial charge in [-0.3, -0.25) is 0 Å². The number of rotatable bonds is 18. The second-order valence-electron chi connectivity index (χ2n) is 11.9. The fourth-order valence-corrected chi connectivity index (χ4v) is 5.60. The Balaban J connectivity index is 1.11. The van der Waals surface area contributed by atoms with Gasteiger partial charge in [0.05, 0.1) is 13.2 Å². The summed E-state index contributed by atoms with van der Waals surface area (Å²) in [5.74, 6) is -3.77. The van der Waals surface area contributed by atoms with E-state index >= 15 is 0 Å². The Hall–Kier alpha value is -4.26. The number of nitrogens with zero attached hydrogens (tertiary/aromatic N) is 1. The van der Waals surface area contributed by atoms with Gasteiger partial charge in [-0.2, -0.15) is 5.26 Å². The van der Waals surface area contributed by atoms with Crippen LogP contribution in [0, 0.1) is 53.3 Å². The molecule has 4 nitrogen and oxygen atoms in total. The molecule has 0 heterocycles. The fourth-order valence-electron chi connectivity index (χ4n) is 5.60. The Bertz CT molecular complexity index is 1660. The lowest BCUT2D eigenvalue weighted by Gasteiger charge is -2.16. The number of ether oxygens (including phenoxy) is 3. The fraction of sp³-hybridized carbons (Fsp3) is 0.359. The van der Waals surface area contributed by atoms with E-state index < -0.39 is 34.6 Å². The zero-order chi connectivity index (χ0) is 34.5. The Morgan fingerprint density at radius 1 is 0.688 bits per heavy atom. The maximum Gasteiger partial charge on any atom is 0.166 e. The lowest BCUT2D eigenvalue weighted by Crippen LogP contribution is -2.11. The minimum absolute atomic E-state index is 0.00247. The number of aryl methyl sites for hydroxylation is 1. The molecule has 4 rings (SSSR count). The van der Waals surface area contributed by atoms with Crippen LogP contribution in [0.1, 0.15) is 55.2 Å². The van der Waals surface area contributed by atoms with E-state index in [1.165, 1.54) is 18.2 Å². The van der Waals surface area contributed by atoms with Gasteiger partial charge in [0.1, 0.15) is 34.8 Å².